The van der Waals surface area contributed by atoms with E-state index in [-0.39, 0.29) is 5.82 Å². The molecule has 1 N–H and O–H groups in total. The van der Waals surface area contributed by atoms with Gasteiger partial charge in [0.15, 0.2) is 5.82 Å². The lowest BCUT2D eigenvalue weighted by atomic mass is 10.0. The predicted molar refractivity (Wildman–Crippen MR) is 75.8 cm³/mol. The molecule has 0 aliphatic rings. The van der Waals surface area contributed by atoms with Gasteiger partial charge in [-0.3, -0.25) is 0 Å². The van der Waals surface area contributed by atoms with E-state index in [1.165, 1.54) is 12.1 Å². The van der Waals surface area contributed by atoms with Gasteiger partial charge in [0.05, 0.1) is 0 Å². The SMILES string of the molecule is CNc1nc(-c2ccc(F)cc2)nc(C)c1C(C)C. The summed E-state index contributed by atoms with van der Waals surface area (Å²) in [7, 11) is 1.85. The van der Waals surface area contributed by atoms with Crippen LogP contribution in [0.5, 0.6) is 0 Å². The van der Waals surface area contributed by atoms with Crippen molar-refractivity contribution in [3.05, 3.63) is 41.3 Å². The first-order chi connectivity index (χ1) is 9.02. The van der Waals surface area contributed by atoms with Crippen LogP contribution in [-0.4, -0.2) is 17.0 Å². The summed E-state index contributed by atoms with van der Waals surface area (Å²) in [5, 5.41) is 3.11. The van der Waals surface area contributed by atoms with Crippen LogP contribution in [0, 0.1) is 12.7 Å². The van der Waals surface area contributed by atoms with Gasteiger partial charge in [-0.1, -0.05) is 13.8 Å². The Balaban J connectivity index is 2.54. The molecule has 0 bridgehead atoms. The standard InChI is InChI=1S/C15H18FN3/c1-9(2)13-10(3)18-14(19-15(13)17-4)11-5-7-12(16)8-6-11/h5-9H,1-4H3,(H,17,18,19). The third-order valence-electron chi connectivity index (χ3n) is 3.05. The Bertz CT molecular complexity index is 577. The molecule has 2 rings (SSSR count). The van der Waals surface area contributed by atoms with Crippen LogP contribution in [0.25, 0.3) is 11.4 Å². The number of hydrogen-bond acceptors (Lipinski definition) is 3. The zero-order chi connectivity index (χ0) is 14.0. The maximum Gasteiger partial charge on any atom is 0.161 e. The van der Waals surface area contributed by atoms with Gasteiger partial charge in [-0.15, -0.1) is 0 Å². The van der Waals surface area contributed by atoms with E-state index in [1.54, 1.807) is 12.1 Å². The van der Waals surface area contributed by atoms with E-state index in [0.29, 0.717) is 11.7 Å². The van der Waals surface area contributed by atoms with Gasteiger partial charge in [-0.25, -0.2) is 14.4 Å². The molecule has 0 aliphatic heterocycles. The number of benzene rings is 1. The van der Waals surface area contributed by atoms with E-state index in [9.17, 15) is 4.39 Å². The highest BCUT2D eigenvalue weighted by Gasteiger charge is 2.14. The molecule has 4 heteroatoms. The number of nitrogens with one attached hydrogen (secondary N) is 1. The highest BCUT2D eigenvalue weighted by molar-refractivity contribution is 5.60. The maximum atomic E-state index is 12.9. The van der Waals surface area contributed by atoms with E-state index < -0.39 is 0 Å². The zero-order valence-electron chi connectivity index (χ0n) is 11.7. The molecule has 0 fully saturated rings. The summed E-state index contributed by atoms with van der Waals surface area (Å²) < 4.78 is 12.9. The largest absolute Gasteiger partial charge is 0.373 e. The summed E-state index contributed by atoms with van der Waals surface area (Å²) in [6.07, 6.45) is 0. The topological polar surface area (TPSA) is 37.8 Å². The second-order valence-electron chi connectivity index (χ2n) is 4.81. The first-order valence-electron chi connectivity index (χ1n) is 6.35. The van der Waals surface area contributed by atoms with Crippen molar-refractivity contribution in [2.24, 2.45) is 0 Å². The monoisotopic (exact) mass is 259 g/mol. The number of aromatic nitrogens is 2. The molecule has 2 aromatic rings. The predicted octanol–water partition coefficient (Wildman–Crippen LogP) is 3.76. The highest BCUT2D eigenvalue weighted by atomic mass is 19.1. The van der Waals surface area contributed by atoms with E-state index in [2.05, 4.69) is 29.1 Å². The smallest absolute Gasteiger partial charge is 0.161 e. The number of aryl methyl sites for hydroxylation is 1. The number of anilines is 1. The normalized spacial score (nSPS) is 10.8. The van der Waals surface area contributed by atoms with Crippen LogP contribution in [-0.2, 0) is 0 Å². The van der Waals surface area contributed by atoms with Gasteiger partial charge in [-0.05, 0) is 37.1 Å². The minimum absolute atomic E-state index is 0.256. The summed E-state index contributed by atoms with van der Waals surface area (Å²) in [4.78, 5) is 9.06. The van der Waals surface area contributed by atoms with Crippen molar-refractivity contribution < 1.29 is 4.39 Å². The molecule has 1 aromatic heterocycles. The van der Waals surface area contributed by atoms with Crippen molar-refractivity contribution in [1.82, 2.24) is 9.97 Å². The molecule has 0 atom stereocenters. The van der Waals surface area contributed by atoms with Crippen molar-refractivity contribution >= 4 is 5.82 Å². The lowest BCUT2D eigenvalue weighted by Gasteiger charge is -2.15. The summed E-state index contributed by atoms with van der Waals surface area (Å²) in [5.74, 6) is 1.55. The third-order valence-corrected chi connectivity index (χ3v) is 3.05. The van der Waals surface area contributed by atoms with Crippen LogP contribution in [0.3, 0.4) is 0 Å². The average molecular weight is 259 g/mol. The number of nitrogens with zero attached hydrogens (tertiary/aromatic N) is 2. The molecule has 0 aliphatic carbocycles. The molecule has 0 amide bonds. The second-order valence-corrected chi connectivity index (χ2v) is 4.81. The van der Waals surface area contributed by atoms with Crippen LogP contribution in [0.1, 0.15) is 31.0 Å². The molecule has 0 spiro atoms. The van der Waals surface area contributed by atoms with Crippen LogP contribution in [0.15, 0.2) is 24.3 Å². The molecule has 3 nitrogen and oxygen atoms in total. The Kier molecular flexibility index (Phi) is 3.79. The minimum atomic E-state index is -0.256. The molecule has 1 heterocycles. The fourth-order valence-corrected chi connectivity index (χ4v) is 2.19. The van der Waals surface area contributed by atoms with Crippen LogP contribution in [0.2, 0.25) is 0 Å². The molecular formula is C15H18FN3. The van der Waals surface area contributed by atoms with Gasteiger partial charge in [0, 0.05) is 23.9 Å². The van der Waals surface area contributed by atoms with Gasteiger partial charge in [-0.2, -0.15) is 0 Å². The summed E-state index contributed by atoms with van der Waals surface area (Å²) in [6, 6.07) is 6.23. The molecule has 0 unspecified atom stereocenters. The van der Waals surface area contributed by atoms with Gasteiger partial charge >= 0.3 is 0 Å². The van der Waals surface area contributed by atoms with E-state index in [0.717, 1.165) is 22.6 Å². The van der Waals surface area contributed by atoms with Crippen LogP contribution < -0.4 is 5.32 Å². The zero-order valence-corrected chi connectivity index (χ0v) is 11.7. The van der Waals surface area contributed by atoms with E-state index in [1.807, 2.05) is 14.0 Å². The van der Waals surface area contributed by atoms with Crippen molar-refractivity contribution in [1.29, 1.82) is 0 Å². The fourth-order valence-electron chi connectivity index (χ4n) is 2.19. The van der Waals surface area contributed by atoms with Gasteiger partial charge in [0.25, 0.3) is 0 Å². The maximum absolute atomic E-state index is 12.9. The van der Waals surface area contributed by atoms with Gasteiger partial charge in [0.2, 0.25) is 0 Å². The first kappa shape index (κ1) is 13.5. The molecular weight excluding hydrogens is 241 g/mol. The summed E-state index contributed by atoms with van der Waals surface area (Å²) >= 11 is 0. The quantitative estimate of drug-likeness (QED) is 0.912. The van der Waals surface area contributed by atoms with Crippen molar-refractivity contribution in [2.45, 2.75) is 26.7 Å². The van der Waals surface area contributed by atoms with Gasteiger partial charge in [0.1, 0.15) is 11.6 Å². The summed E-state index contributed by atoms with van der Waals surface area (Å²) in [5.41, 5.74) is 2.89. The molecule has 0 saturated heterocycles. The van der Waals surface area contributed by atoms with E-state index >= 15 is 0 Å². The Morgan fingerprint density at radius 3 is 2.26 bits per heavy atom. The lowest BCUT2D eigenvalue weighted by molar-refractivity contribution is 0.628. The van der Waals surface area contributed by atoms with Crippen LogP contribution >= 0.6 is 0 Å². The van der Waals surface area contributed by atoms with E-state index in [4.69, 9.17) is 0 Å². The fraction of sp³-hybridized carbons (Fsp3) is 0.333. The Morgan fingerprint density at radius 2 is 1.74 bits per heavy atom. The lowest BCUT2D eigenvalue weighted by Crippen LogP contribution is -2.07. The van der Waals surface area contributed by atoms with Crippen molar-refractivity contribution in [3.63, 3.8) is 0 Å². The third kappa shape index (κ3) is 2.72. The molecule has 0 saturated carbocycles. The number of rotatable bonds is 3. The van der Waals surface area contributed by atoms with Crippen molar-refractivity contribution in [3.8, 4) is 11.4 Å². The molecule has 1 aromatic carbocycles. The minimum Gasteiger partial charge on any atom is -0.373 e. The number of halogens is 1. The Hall–Kier alpha value is -1.97. The summed E-state index contributed by atoms with van der Waals surface area (Å²) in [6.45, 7) is 6.21. The Labute approximate surface area is 112 Å². The Morgan fingerprint density at radius 1 is 1.11 bits per heavy atom. The van der Waals surface area contributed by atoms with Crippen molar-refractivity contribution in [2.75, 3.05) is 12.4 Å². The molecule has 19 heavy (non-hydrogen) atoms. The molecule has 0 radical (unpaired) electrons. The molecule has 100 valence electrons. The van der Waals surface area contributed by atoms with Gasteiger partial charge < -0.3 is 5.32 Å². The average Bonchev–Trinajstić information content (AvgIpc) is 2.38. The number of hydrogen-bond donors (Lipinski definition) is 1. The first-order valence-corrected chi connectivity index (χ1v) is 6.35. The van der Waals surface area contributed by atoms with Crippen LogP contribution in [0.4, 0.5) is 10.2 Å². The highest BCUT2D eigenvalue weighted by Crippen LogP contribution is 2.27. The second kappa shape index (κ2) is 5.34.